The van der Waals surface area contributed by atoms with E-state index < -0.39 is 6.04 Å². The SMILES string of the molecule is CC(C)OCCCN1C(=O)c2oc3ccc(Cl)cc3c(=O)c2C1c1ccc(OCc2ccccc2)cc1. The van der Waals surface area contributed by atoms with Gasteiger partial charge in [0.1, 0.15) is 17.9 Å². The third-order valence-corrected chi connectivity index (χ3v) is 6.60. The molecule has 0 aliphatic carbocycles. The molecule has 0 radical (unpaired) electrons. The second-order valence-electron chi connectivity index (χ2n) is 9.33. The maximum atomic E-state index is 13.6. The van der Waals surface area contributed by atoms with E-state index in [1.165, 1.54) is 0 Å². The van der Waals surface area contributed by atoms with Crippen LogP contribution in [-0.4, -0.2) is 30.1 Å². The molecule has 3 aromatic carbocycles. The molecule has 1 aromatic heterocycles. The average Bonchev–Trinajstić information content (AvgIpc) is 3.18. The summed E-state index contributed by atoms with van der Waals surface area (Å²) in [4.78, 5) is 28.8. The van der Waals surface area contributed by atoms with Crippen LogP contribution in [-0.2, 0) is 11.3 Å². The molecule has 2 heterocycles. The van der Waals surface area contributed by atoms with Crippen molar-refractivity contribution in [2.24, 2.45) is 0 Å². The van der Waals surface area contributed by atoms with E-state index in [1.807, 2.05) is 68.4 Å². The van der Waals surface area contributed by atoms with Gasteiger partial charge < -0.3 is 18.8 Å². The van der Waals surface area contributed by atoms with Gasteiger partial charge in [-0.05, 0) is 61.7 Å². The van der Waals surface area contributed by atoms with Crippen molar-refractivity contribution >= 4 is 28.5 Å². The van der Waals surface area contributed by atoms with Gasteiger partial charge in [0.15, 0.2) is 5.43 Å². The Morgan fingerprint density at radius 1 is 1.00 bits per heavy atom. The molecule has 190 valence electrons. The van der Waals surface area contributed by atoms with Gasteiger partial charge in [-0.2, -0.15) is 0 Å². The summed E-state index contributed by atoms with van der Waals surface area (Å²) in [6, 6.07) is 21.7. The Morgan fingerprint density at radius 3 is 2.49 bits per heavy atom. The van der Waals surface area contributed by atoms with Crippen LogP contribution in [0.25, 0.3) is 11.0 Å². The Labute approximate surface area is 220 Å². The van der Waals surface area contributed by atoms with E-state index in [4.69, 9.17) is 25.5 Å². The minimum Gasteiger partial charge on any atom is -0.489 e. The minimum absolute atomic E-state index is 0.0824. The van der Waals surface area contributed by atoms with Gasteiger partial charge in [-0.25, -0.2) is 0 Å². The summed E-state index contributed by atoms with van der Waals surface area (Å²) in [5.74, 6) is 0.480. The molecule has 5 rings (SSSR count). The molecule has 1 atom stereocenters. The quantitative estimate of drug-likeness (QED) is 0.241. The highest BCUT2D eigenvalue weighted by atomic mass is 35.5. The molecule has 1 unspecified atom stereocenters. The monoisotopic (exact) mass is 517 g/mol. The molecule has 1 aliphatic heterocycles. The topological polar surface area (TPSA) is 69.0 Å². The van der Waals surface area contributed by atoms with Gasteiger partial charge in [0, 0.05) is 18.2 Å². The lowest BCUT2D eigenvalue weighted by molar-refractivity contribution is 0.0593. The third-order valence-electron chi connectivity index (χ3n) is 6.37. The fourth-order valence-electron chi connectivity index (χ4n) is 4.61. The number of halogens is 1. The van der Waals surface area contributed by atoms with Crippen molar-refractivity contribution < 1.29 is 18.7 Å². The maximum absolute atomic E-state index is 13.6. The molecule has 0 spiro atoms. The fraction of sp³-hybridized carbons (Fsp3) is 0.267. The van der Waals surface area contributed by atoms with Crippen molar-refractivity contribution in [1.29, 1.82) is 0 Å². The molecular weight excluding hydrogens is 490 g/mol. The average molecular weight is 518 g/mol. The number of nitrogens with zero attached hydrogens (tertiary/aromatic N) is 1. The van der Waals surface area contributed by atoms with E-state index in [-0.39, 0.29) is 23.2 Å². The Hall–Kier alpha value is -3.61. The van der Waals surface area contributed by atoms with Gasteiger partial charge in [-0.3, -0.25) is 9.59 Å². The molecule has 0 saturated heterocycles. The first-order valence-corrected chi connectivity index (χ1v) is 12.8. The Kier molecular flexibility index (Phi) is 7.31. The number of carbonyl (C=O) groups is 1. The fourth-order valence-corrected chi connectivity index (χ4v) is 4.78. The highest BCUT2D eigenvalue weighted by molar-refractivity contribution is 6.31. The lowest BCUT2D eigenvalue weighted by atomic mass is 9.98. The second-order valence-corrected chi connectivity index (χ2v) is 9.77. The van der Waals surface area contributed by atoms with Crippen LogP contribution < -0.4 is 10.2 Å². The lowest BCUT2D eigenvalue weighted by Gasteiger charge is -2.25. The van der Waals surface area contributed by atoms with Crippen LogP contribution in [0.2, 0.25) is 5.02 Å². The molecule has 37 heavy (non-hydrogen) atoms. The molecule has 1 aliphatic rings. The van der Waals surface area contributed by atoms with Crippen LogP contribution in [0.4, 0.5) is 0 Å². The summed E-state index contributed by atoms with van der Waals surface area (Å²) in [7, 11) is 0. The summed E-state index contributed by atoms with van der Waals surface area (Å²) in [6.07, 6.45) is 0.732. The first-order valence-electron chi connectivity index (χ1n) is 12.4. The predicted octanol–water partition coefficient (Wildman–Crippen LogP) is 6.39. The summed E-state index contributed by atoms with van der Waals surface area (Å²) in [5, 5.41) is 0.792. The zero-order valence-corrected chi connectivity index (χ0v) is 21.5. The van der Waals surface area contributed by atoms with Gasteiger partial charge in [-0.1, -0.05) is 54.1 Å². The zero-order valence-electron chi connectivity index (χ0n) is 20.8. The molecule has 0 fully saturated rings. The number of amides is 1. The van der Waals surface area contributed by atoms with Crippen molar-refractivity contribution in [2.75, 3.05) is 13.2 Å². The molecule has 4 aromatic rings. The Morgan fingerprint density at radius 2 is 1.76 bits per heavy atom. The van der Waals surface area contributed by atoms with Crippen LogP contribution >= 0.6 is 11.6 Å². The number of ether oxygens (including phenoxy) is 2. The van der Waals surface area contributed by atoms with Crippen LogP contribution in [0.1, 0.15) is 53.6 Å². The van der Waals surface area contributed by atoms with Gasteiger partial charge in [0.05, 0.1) is 23.1 Å². The van der Waals surface area contributed by atoms with Crippen LogP contribution in [0.3, 0.4) is 0 Å². The Balaban J connectivity index is 1.48. The van der Waals surface area contributed by atoms with Crippen LogP contribution in [0, 0.1) is 0 Å². The Bertz CT molecular complexity index is 1460. The van der Waals surface area contributed by atoms with Crippen molar-refractivity contribution in [2.45, 2.75) is 39.0 Å². The van der Waals surface area contributed by atoms with Crippen LogP contribution in [0.15, 0.2) is 82.0 Å². The highest BCUT2D eigenvalue weighted by Gasteiger charge is 2.42. The molecule has 0 saturated carbocycles. The van der Waals surface area contributed by atoms with Gasteiger partial charge in [0.25, 0.3) is 5.91 Å². The van der Waals surface area contributed by atoms with Crippen molar-refractivity contribution in [3.63, 3.8) is 0 Å². The van der Waals surface area contributed by atoms with Crippen molar-refractivity contribution in [3.05, 3.63) is 110 Å². The summed E-state index contributed by atoms with van der Waals surface area (Å²) in [5.41, 5.74) is 2.30. The number of carbonyl (C=O) groups excluding carboxylic acids is 1. The van der Waals surface area contributed by atoms with Gasteiger partial charge >= 0.3 is 0 Å². The summed E-state index contributed by atoms with van der Waals surface area (Å²) < 4.78 is 17.6. The lowest BCUT2D eigenvalue weighted by Crippen LogP contribution is -2.31. The minimum atomic E-state index is -0.579. The van der Waals surface area contributed by atoms with E-state index in [9.17, 15) is 9.59 Å². The number of fused-ring (bicyclic) bond motifs is 2. The smallest absolute Gasteiger partial charge is 0.290 e. The highest BCUT2D eigenvalue weighted by Crippen LogP contribution is 2.39. The standard InChI is InChI=1S/C30H28ClNO5/c1-19(2)35-16-6-15-32-27(21-9-12-23(13-10-21)36-18-20-7-4-3-5-8-20)26-28(33)24-17-22(31)11-14-25(24)37-29(26)30(32)34/h3-5,7-14,17,19,27H,6,15-16,18H2,1-2H3. The van der Waals surface area contributed by atoms with E-state index in [2.05, 4.69) is 0 Å². The number of benzene rings is 3. The van der Waals surface area contributed by atoms with Crippen LogP contribution in [0.5, 0.6) is 5.75 Å². The van der Waals surface area contributed by atoms with Crippen molar-refractivity contribution in [3.8, 4) is 5.75 Å². The second kappa shape index (κ2) is 10.8. The summed E-state index contributed by atoms with van der Waals surface area (Å²) in [6.45, 7) is 5.32. The zero-order chi connectivity index (χ0) is 25.9. The molecule has 6 nitrogen and oxygen atoms in total. The first kappa shape index (κ1) is 25.1. The molecule has 1 amide bonds. The number of hydrogen-bond acceptors (Lipinski definition) is 5. The number of rotatable bonds is 9. The largest absolute Gasteiger partial charge is 0.489 e. The van der Waals surface area contributed by atoms with E-state index in [0.29, 0.717) is 53.5 Å². The van der Waals surface area contributed by atoms with E-state index in [0.717, 1.165) is 11.1 Å². The molecule has 0 N–H and O–H groups in total. The van der Waals surface area contributed by atoms with Gasteiger partial charge in [-0.15, -0.1) is 0 Å². The van der Waals surface area contributed by atoms with Crippen molar-refractivity contribution in [1.82, 2.24) is 4.90 Å². The molecular formula is C30H28ClNO5. The summed E-state index contributed by atoms with van der Waals surface area (Å²) >= 11 is 6.17. The van der Waals surface area contributed by atoms with E-state index in [1.54, 1.807) is 23.1 Å². The predicted molar refractivity (Wildman–Crippen MR) is 143 cm³/mol. The first-order chi connectivity index (χ1) is 17.9. The maximum Gasteiger partial charge on any atom is 0.290 e. The normalized spacial score (nSPS) is 15.0. The third kappa shape index (κ3) is 5.26. The van der Waals surface area contributed by atoms with E-state index >= 15 is 0 Å². The van der Waals surface area contributed by atoms with Gasteiger partial charge in [0.2, 0.25) is 5.76 Å². The number of hydrogen-bond donors (Lipinski definition) is 0. The molecule has 7 heteroatoms. The molecule has 0 bridgehead atoms.